The topological polar surface area (TPSA) is 60.0 Å². The Balaban J connectivity index is 2.59. The second-order valence-electron chi connectivity index (χ2n) is 4.02. The molecule has 84 valence electrons. The number of nitrogens with zero attached hydrogens (tertiary/aromatic N) is 2. The van der Waals surface area contributed by atoms with E-state index in [9.17, 15) is 5.21 Å². The molecule has 0 amide bonds. The van der Waals surface area contributed by atoms with Gasteiger partial charge in [-0.3, -0.25) is 0 Å². The fourth-order valence-electron chi connectivity index (χ4n) is 2.31. The van der Waals surface area contributed by atoms with Crippen LogP contribution in [-0.2, 0) is 24.2 Å². The van der Waals surface area contributed by atoms with E-state index in [1.54, 1.807) is 7.11 Å². The number of pyridine rings is 1. The third kappa shape index (κ3) is 1.74. The van der Waals surface area contributed by atoms with Crippen LogP contribution in [0.15, 0.2) is 6.20 Å². The van der Waals surface area contributed by atoms with Crippen LogP contribution in [0.25, 0.3) is 0 Å². The molecule has 1 heterocycles. The van der Waals surface area contributed by atoms with E-state index in [-0.39, 0.29) is 0 Å². The minimum atomic E-state index is 0.317. The lowest BCUT2D eigenvalue weighted by Gasteiger charge is -2.19. The monoisotopic (exact) mass is 218 g/mol. The van der Waals surface area contributed by atoms with Crippen LogP contribution in [0.1, 0.15) is 35.2 Å². The molecule has 4 heteroatoms. The molecule has 0 spiro atoms. The van der Waals surface area contributed by atoms with Crippen molar-refractivity contribution in [3.8, 4) is 6.07 Å². The van der Waals surface area contributed by atoms with Crippen molar-refractivity contribution in [2.75, 3.05) is 7.11 Å². The van der Waals surface area contributed by atoms with Gasteiger partial charge in [0.2, 0.25) is 5.69 Å². The van der Waals surface area contributed by atoms with E-state index in [4.69, 9.17) is 10.00 Å². The van der Waals surface area contributed by atoms with Gasteiger partial charge in [0.1, 0.15) is 18.2 Å². The van der Waals surface area contributed by atoms with Gasteiger partial charge in [-0.05, 0) is 31.2 Å². The first kappa shape index (κ1) is 10.9. The summed E-state index contributed by atoms with van der Waals surface area (Å²) in [6.07, 6.45) is 5.33. The van der Waals surface area contributed by atoms with Crippen molar-refractivity contribution in [3.05, 3.63) is 33.8 Å². The van der Waals surface area contributed by atoms with Crippen LogP contribution in [0, 0.1) is 16.5 Å². The molecule has 1 aromatic heterocycles. The number of fused-ring (bicyclic) bond motifs is 1. The van der Waals surface area contributed by atoms with E-state index in [2.05, 4.69) is 6.07 Å². The predicted molar refractivity (Wildman–Crippen MR) is 57.5 cm³/mol. The van der Waals surface area contributed by atoms with Crippen molar-refractivity contribution >= 4 is 0 Å². The van der Waals surface area contributed by atoms with Gasteiger partial charge in [0.15, 0.2) is 6.20 Å². The molecule has 0 radical (unpaired) electrons. The molecule has 0 N–H and O–H groups in total. The maximum absolute atomic E-state index is 11.7. The van der Waals surface area contributed by atoms with Crippen LogP contribution in [0.3, 0.4) is 0 Å². The Labute approximate surface area is 94.7 Å². The first-order chi connectivity index (χ1) is 7.77. The zero-order valence-electron chi connectivity index (χ0n) is 9.32. The average Bonchev–Trinajstić information content (AvgIpc) is 2.32. The lowest BCUT2D eigenvalue weighted by Crippen LogP contribution is -2.35. The highest BCUT2D eigenvalue weighted by molar-refractivity contribution is 5.42. The molecule has 0 bridgehead atoms. The summed E-state index contributed by atoms with van der Waals surface area (Å²) in [6, 6.07) is 2.10. The number of hydrogen-bond donors (Lipinski definition) is 0. The highest BCUT2D eigenvalue weighted by Crippen LogP contribution is 2.25. The molecule has 16 heavy (non-hydrogen) atoms. The summed E-state index contributed by atoms with van der Waals surface area (Å²) in [5, 5.41) is 20.8. The number of ether oxygens (including phenoxy) is 1. The van der Waals surface area contributed by atoms with Gasteiger partial charge < -0.3 is 9.94 Å². The summed E-state index contributed by atoms with van der Waals surface area (Å²) in [4.78, 5) is 0. The maximum Gasteiger partial charge on any atom is 0.222 e. The highest BCUT2D eigenvalue weighted by Gasteiger charge is 2.23. The smallest absolute Gasteiger partial charge is 0.222 e. The SMILES string of the molecule is COCc1c2c(c(C#N)c[n+]1[O-])CCCC2. The first-order valence-electron chi connectivity index (χ1n) is 5.43. The van der Waals surface area contributed by atoms with Gasteiger partial charge in [0, 0.05) is 12.7 Å². The van der Waals surface area contributed by atoms with Gasteiger partial charge in [-0.2, -0.15) is 9.99 Å². The molecule has 4 nitrogen and oxygen atoms in total. The van der Waals surface area contributed by atoms with Crippen LogP contribution in [0.2, 0.25) is 0 Å². The Morgan fingerprint density at radius 2 is 2.12 bits per heavy atom. The lowest BCUT2D eigenvalue weighted by atomic mass is 9.88. The molecular weight excluding hydrogens is 204 g/mol. The summed E-state index contributed by atoms with van der Waals surface area (Å²) in [5.41, 5.74) is 3.26. The van der Waals surface area contributed by atoms with Crippen molar-refractivity contribution in [3.63, 3.8) is 0 Å². The molecule has 0 atom stereocenters. The number of aromatic nitrogens is 1. The fourth-order valence-corrected chi connectivity index (χ4v) is 2.31. The molecule has 1 aliphatic rings. The standard InChI is InChI=1S/C12H14N2O2/c1-16-8-12-11-5-3-2-4-10(11)9(6-13)7-14(12)15/h7H,2-5,8H2,1H3. The quantitative estimate of drug-likeness (QED) is 0.554. The van der Waals surface area contributed by atoms with Crippen molar-refractivity contribution in [2.24, 2.45) is 0 Å². The second-order valence-corrected chi connectivity index (χ2v) is 4.02. The summed E-state index contributed by atoms with van der Waals surface area (Å²) in [5.74, 6) is 0. The van der Waals surface area contributed by atoms with Crippen molar-refractivity contribution in [2.45, 2.75) is 32.3 Å². The molecule has 1 aromatic rings. The average molecular weight is 218 g/mol. The van der Waals surface area contributed by atoms with Gasteiger partial charge >= 0.3 is 0 Å². The number of hydrogen-bond acceptors (Lipinski definition) is 3. The molecule has 0 unspecified atom stereocenters. The van der Waals surface area contributed by atoms with Crippen molar-refractivity contribution < 1.29 is 9.47 Å². The van der Waals surface area contributed by atoms with Gasteiger partial charge in [0.25, 0.3) is 0 Å². The molecule has 1 aliphatic carbocycles. The molecule has 0 saturated carbocycles. The molecule has 2 rings (SSSR count). The summed E-state index contributed by atoms with van der Waals surface area (Å²) < 4.78 is 5.83. The largest absolute Gasteiger partial charge is 0.618 e. The van der Waals surface area contributed by atoms with E-state index in [1.165, 1.54) is 6.20 Å². The Hall–Kier alpha value is -1.60. The molecule has 0 saturated heterocycles. The molecule has 0 fully saturated rings. The fraction of sp³-hybridized carbons (Fsp3) is 0.500. The zero-order valence-corrected chi connectivity index (χ0v) is 9.32. The third-order valence-corrected chi connectivity index (χ3v) is 3.06. The normalized spacial score (nSPS) is 14.2. The van der Waals surface area contributed by atoms with E-state index in [1.807, 2.05) is 0 Å². The van der Waals surface area contributed by atoms with Crippen LogP contribution in [0.4, 0.5) is 0 Å². The van der Waals surface area contributed by atoms with Crippen LogP contribution in [-0.4, -0.2) is 7.11 Å². The zero-order chi connectivity index (χ0) is 11.5. The van der Waals surface area contributed by atoms with Crippen molar-refractivity contribution in [1.82, 2.24) is 0 Å². The third-order valence-electron chi connectivity index (χ3n) is 3.06. The number of methoxy groups -OCH3 is 1. The van der Waals surface area contributed by atoms with E-state index in [0.29, 0.717) is 17.9 Å². The van der Waals surface area contributed by atoms with Gasteiger partial charge in [-0.1, -0.05) is 0 Å². The minimum Gasteiger partial charge on any atom is -0.618 e. The number of rotatable bonds is 2. The van der Waals surface area contributed by atoms with Crippen LogP contribution >= 0.6 is 0 Å². The van der Waals surface area contributed by atoms with Gasteiger partial charge in [-0.15, -0.1) is 0 Å². The molecule has 0 aromatic carbocycles. The Kier molecular flexibility index (Phi) is 3.07. The summed E-state index contributed by atoms with van der Waals surface area (Å²) in [6.45, 7) is 0.317. The first-order valence-corrected chi connectivity index (χ1v) is 5.43. The highest BCUT2D eigenvalue weighted by atomic mass is 16.5. The minimum absolute atomic E-state index is 0.317. The molecular formula is C12H14N2O2. The Bertz CT molecular complexity index is 449. The van der Waals surface area contributed by atoms with Crippen molar-refractivity contribution in [1.29, 1.82) is 5.26 Å². The molecule has 0 aliphatic heterocycles. The summed E-state index contributed by atoms with van der Waals surface area (Å²) in [7, 11) is 1.58. The van der Waals surface area contributed by atoms with E-state index in [0.717, 1.165) is 41.5 Å². The second kappa shape index (κ2) is 4.50. The lowest BCUT2D eigenvalue weighted by molar-refractivity contribution is -0.617. The van der Waals surface area contributed by atoms with E-state index < -0.39 is 0 Å². The summed E-state index contributed by atoms with van der Waals surface area (Å²) >= 11 is 0. The van der Waals surface area contributed by atoms with Gasteiger partial charge in [0.05, 0.1) is 0 Å². The Morgan fingerprint density at radius 1 is 1.44 bits per heavy atom. The van der Waals surface area contributed by atoms with Crippen LogP contribution < -0.4 is 4.73 Å². The van der Waals surface area contributed by atoms with Gasteiger partial charge in [-0.25, -0.2) is 0 Å². The van der Waals surface area contributed by atoms with E-state index >= 15 is 0 Å². The predicted octanol–water partition coefficient (Wildman–Crippen LogP) is 1.22. The maximum atomic E-state index is 11.7. The number of nitriles is 1. The Morgan fingerprint density at radius 3 is 2.75 bits per heavy atom. The van der Waals surface area contributed by atoms with Crippen LogP contribution in [0.5, 0.6) is 0 Å².